The van der Waals surface area contributed by atoms with E-state index < -0.39 is 0 Å². The molecule has 2 amide bonds. The fraction of sp³-hybridized carbons (Fsp3) is 0.368. The highest BCUT2D eigenvalue weighted by molar-refractivity contribution is 6.03. The van der Waals surface area contributed by atoms with Gasteiger partial charge in [0.2, 0.25) is 12.4 Å². The summed E-state index contributed by atoms with van der Waals surface area (Å²) in [6.45, 7) is 6.73. The molecule has 0 unspecified atom stereocenters. The predicted molar refractivity (Wildman–Crippen MR) is 102 cm³/mol. The number of aryl methyl sites for hydroxylation is 1. The van der Waals surface area contributed by atoms with E-state index in [9.17, 15) is 9.59 Å². The van der Waals surface area contributed by atoms with Gasteiger partial charge >= 0.3 is 0 Å². The molecule has 142 valence electrons. The lowest BCUT2D eigenvalue weighted by Crippen LogP contribution is -2.46. The van der Waals surface area contributed by atoms with E-state index in [0.29, 0.717) is 61.6 Å². The maximum Gasteiger partial charge on any atom is 0.274 e. The van der Waals surface area contributed by atoms with Crippen LogP contribution in [0.15, 0.2) is 30.3 Å². The molecule has 1 aromatic heterocycles. The van der Waals surface area contributed by atoms with E-state index in [1.807, 2.05) is 36.9 Å². The first-order valence-electron chi connectivity index (χ1n) is 8.94. The van der Waals surface area contributed by atoms with Crippen molar-refractivity contribution < 1.29 is 14.3 Å². The van der Waals surface area contributed by atoms with Gasteiger partial charge in [-0.3, -0.25) is 9.59 Å². The molecule has 8 heteroatoms. The van der Waals surface area contributed by atoms with Crippen molar-refractivity contribution in [2.24, 2.45) is 0 Å². The summed E-state index contributed by atoms with van der Waals surface area (Å²) in [7, 11) is 0. The molecule has 1 saturated heterocycles. The number of ether oxygens (including phenoxy) is 1. The molecule has 1 aliphatic rings. The van der Waals surface area contributed by atoms with Crippen LogP contribution in [0.2, 0.25) is 0 Å². The number of nitrogens with zero attached hydrogens (tertiary/aromatic N) is 4. The molecule has 27 heavy (non-hydrogen) atoms. The zero-order valence-electron chi connectivity index (χ0n) is 15.5. The first-order chi connectivity index (χ1) is 13.1. The Morgan fingerprint density at radius 2 is 1.96 bits per heavy atom. The van der Waals surface area contributed by atoms with Crippen LogP contribution in [0.3, 0.4) is 0 Å². The van der Waals surface area contributed by atoms with E-state index >= 15 is 0 Å². The van der Waals surface area contributed by atoms with Crippen molar-refractivity contribution >= 4 is 24.0 Å². The number of rotatable bonds is 6. The number of carbonyl (C=O) groups excluding carboxylic acids is 2. The molecule has 0 atom stereocenters. The largest absolute Gasteiger partial charge is 0.492 e. The number of carbonyl (C=O) groups is 2. The first-order valence-corrected chi connectivity index (χ1v) is 8.94. The zero-order valence-corrected chi connectivity index (χ0v) is 15.5. The maximum absolute atomic E-state index is 12.7. The number of para-hydroxylation sites is 2. The summed E-state index contributed by atoms with van der Waals surface area (Å²) in [5.41, 5.74) is 1.60. The van der Waals surface area contributed by atoms with Gasteiger partial charge in [-0.2, -0.15) is 0 Å². The summed E-state index contributed by atoms with van der Waals surface area (Å²) in [6, 6.07) is 8.94. The van der Waals surface area contributed by atoms with Crippen LogP contribution in [0.5, 0.6) is 5.75 Å². The molecule has 0 radical (unpaired) electrons. The fourth-order valence-electron chi connectivity index (χ4n) is 2.88. The van der Waals surface area contributed by atoms with E-state index in [1.165, 1.54) is 0 Å². The second-order valence-corrected chi connectivity index (χ2v) is 6.21. The van der Waals surface area contributed by atoms with Gasteiger partial charge in [-0.15, -0.1) is 0 Å². The highest BCUT2D eigenvalue weighted by atomic mass is 16.5. The number of hydrogen-bond donors (Lipinski definition) is 1. The number of hydrogen-bond acceptors (Lipinski definition) is 6. The third-order valence-corrected chi connectivity index (χ3v) is 4.26. The molecule has 2 aromatic rings. The Kier molecular flexibility index (Phi) is 5.85. The fourth-order valence-corrected chi connectivity index (χ4v) is 2.88. The van der Waals surface area contributed by atoms with Gasteiger partial charge in [0.1, 0.15) is 11.4 Å². The summed E-state index contributed by atoms with van der Waals surface area (Å²) in [5.74, 6) is 0.800. The Hall–Kier alpha value is -3.16. The molecule has 1 fully saturated rings. The molecule has 1 N–H and O–H groups in total. The van der Waals surface area contributed by atoms with Crippen molar-refractivity contribution in [1.82, 2.24) is 14.9 Å². The first kappa shape index (κ1) is 18.6. The standard InChI is InChI=1S/C19H23N5O3/c1-3-27-17-7-5-4-6-15(17)21-18(26)16-12-14(2)20-19(22-16)24-10-8-23(13-25)9-11-24/h4-7,12-13H,3,8-11H2,1-2H3,(H,21,26). The number of aromatic nitrogens is 2. The predicted octanol–water partition coefficient (Wildman–Crippen LogP) is 1.71. The van der Waals surface area contributed by atoms with Crippen LogP contribution in [-0.4, -0.2) is 60.0 Å². The van der Waals surface area contributed by atoms with Crippen LogP contribution < -0.4 is 15.0 Å². The Bertz CT molecular complexity index is 819. The quantitative estimate of drug-likeness (QED) is 0.780. The van der Waals surface area contributed by atoms with Crippen molar-refractivity contribution in [3.63, 3.8) is 0 Å². The van der Waals surface area contributed by atoms with Gasteiger partial charge in [0.25, 0.3) is 5.91 Å². The molecule has 8 nitrogen and oxygen atoms in total. The van der Waals surface area contributed by atoms with Gasteiger partial charge in [0.15, 0.2) is 0 Å². The van der Waals surface area contributed by atoms with Crippen LogP contribution in [0.1, 0.15) is 23.1 Å². The van der Waals surface area contributed by atoms with Crippen LogP contribution in [0, 0.1) is 6.92 Å². The molecule has 1 aromatic carbocycles. The molecular formula is C19H23N5O3. The van der Waals surface area contributed by atoms with Crippen LogP contribution in [0.25, 0.3) is 0 Å². The van der Waals surface area contributed by atoms with Gasteiger partial charge in [-0.25, -0.2) is 9.97 Å². The van der Waals surface area contributed by atoms with E-state index in [1.54, 1.807) is 17.0 Å². The summed E-state index contributed by atoms with van der Waals surface area (Å²) in [4.78, 5) is 36.2. The summed E-state index contributed by atoms with van der Waals surface area (Å²) in [6.07, 6.45) is 0.850. The van der Waals surface area contributed by atoms with E-state index in [2.05, 4.69) is 15.3 Å². The topological polar surface area (TPSA) is 87.7 Å². The summed E-state index contributed by atoms with van der Waals surface area (Å²) < 4.78 is 5.55. The molecule has 0 spiro atoms. The Labute approximate surface area is 158 Å². The smallest absolute Gasteiger partial charge is 0.274 e. The van der Waals surface area contributed by atoms with Crippen LogP contribution in [0.4, 0.5) is 11.6 Å². The molecule has 2 heterocycles. The zero-order chi connectivity index (χ0) is 19.2. The maximum atomic E-state index is 12.7. The minimum atomic E-state index is -0.319. The Morgan fingerprint density at radius 3 is 2.67 bits per heavy atom. The highest BCUT2D eigenvalue weighted by Gasteiger charge is 2.20. The Balaban J connectivity index is 1.78. The molecule has 1 aliphatic heterocycles. The summed E-state index contributed by atoms with van der Waals surface area (Å²) >= 11 is 0. The lowest BCUT2D eigenvalue weighted by molar-refractivity contribution is -0.118. The number of piperazine rings is 1. The van der Waals surface area contributed by atoms with Gasteiger partial charge in [-0.1, -0.05) is 12.1 Å². The van der Waals surface area contributed by atoms with Crippen LogP contribution in [-0.2, 0) is 4.79 Å². The van der Waals surface area contributed by atoms with Gasteiger partial charge in [0, 0.05) is 31.9 Å². The average Bonchev–Trinajstić information content (AvgIpc) is 2.69. The highest BCUT2D eigenvalue weighted by Crippen LogP contribution is 2.24. The van der Waals surface area contributed by atoms with E-state index in [0.717, 1.165) is 6.41 Å². The summed E-state index contributed by atoms with van der Waals surface area (Å²) in [5, 5.41) is 2.86. The number of anilines is 2. The SMILES string of the molecule is CCOc1ccccc1NC(=O)c1cc(C)nc(N2CCN(C=O)CC2)n1. The number of benzene rings is 1. The van der Waals surface area contributed by atoms with E-state index in [-0.39, 0.29) is 5.91 Å². The normalized spacial score (nSPS) is 14.0. The minimum Gasteiger partial charge on any atom is -0.492 e. The van der Waals surface area contributed by atoms with Gasteiger partial charge < -0.3 is 19.9 Å². The van der Waals surface area contributed by atoms with Crippen molar-refractivity contribution in [2.45, 2.75) is 13.8 Å². The molecular weight excluding hydrogens is 346 g/mol. The number of nitrogens with one attached hydrogen (secondary N) is 1. The number of amides is 2. The molecule has 3 rings (SSSR count). The minimum absolute atomic E-state index is 0.293. The van der Waals surface area contributed by atoms with Crippen molar-refractivity contribution in [2.75, 3.05) is 43.0 Å². The lowest BCUT2D eigenvalue weighted by atomic mass is 10.2. The van der Waals surface area contributed by atoms with Crippen molar-refractivity contribution in [3.05, 3.63) is 41.7 Å². The van der Waals surface area contributed by atoms with E-state index in [4.69, 9.17) is 4.74 Å². The molecule has 0 saturated carbocycles. The molecule has 0 bridgehead atoms. The lowest BCUT2D eigenvalue weighted by Gasteiger charge is -2.32. The van der Waals surface area contributed by atoms with Gasteiger partial charge in [-0.05, 0) is 32.0 Å². The molecule has 0 aliphatic carbocycles. The monoisotopic (exact) mass is 369 g/mol. The second-order valence-electron chi connectivity index (χ2n) is 6.21. The third kappa shape index (κ3) is 4.52. The van der Waals surface area contributed by atoms with Gasteiger partial charge in [0.05, 0.1) is 12.3 Å². The van der Waals surface area contributed by atoms with Crippen molar-refractivity contribution in [1.29, 1.82) is 0 Å². The van der Waals surface area contributed by atoms with Crippen LogP contribution >= 0.6 is 0 Å². The Morgan fingerprint density at radius 1 is 1.22 bits per heavy atom. The third-order valence-electron chi connectivity index (χ3n) is 4.26. The van der Waals surface area contributed by atoms with Crippen molar-refractivity contribution in [3.8, 4) is 5.75 Å². The average molecular weight is 369 g/mol. The second kappa shape index (κ2) is 8.48.